The van der Waals surface area contributed by atoms with Crippen LogP contribution in [0.4, 0.5) is 18.3 Å². The maximum absolute atomic E-state index is 13.7. The van der Waals surface area contributed by atoms with Gasteiger partial charge in [0, 0.05) is 19.5 Å². The molecule has 1 aliphatic heterocycles. The number of halogens is 3. The van der Waals surface area contributed by atoms with Crippen LogP contribution in [-0.4, -0.2) is 37.0 Å². The van der Waals surface area contributed by atoms with Gasteiger partial charge in [0.15, 0.2) is 5.13 Å². The number of fused-ring (bicyclic) bond motifs is 1. The second-order valence-electron chi connectivity index (χ2n) is 5.91. The molecule has 0 unspecified atom stereocenters. The van der Waals surface area contributed by atoms with Gasteiger partial charge in [0.05, 0.1) is 11.2 Å². The Labute approximate surface area is 141 Å². The Hall–Kier alpha value is -1.83. The highest BCUT2D eigenvalue weighted by Crippen LogP contribution is 2.33. The third kappa shape index (κ3) is 3.98. The molecule has 1 saturated heterocycles. The summed E-state index contributed by atoms with van der Waals surface area (Å²) in [6, 6.07) is 4.92. The number of aromatic nitrogens is 1. The molecule has 1 amide bonds. The average molecular weight is 357 g/mol. The van der Waals surface area contributed by atoms with Gasteiger partial charge in [0.25, 0.3) is 6.43 Å². The van der Waals surface area contributed by atoms with Crippen LogP contribution in [0.15, 0.2) is 18.2 Å². The highest BCUT2D eigenvalue weighted by molar-refractivity contribution is 7.22. The maximum Gasteiger partial charge on any atom is 0.255 e. The van der Waals surface area contributed by atoms with Crippen molar-refractivity contribution in [3.8, 4) is 0 Å². The molecule has 3 rings (SSSR count). The number of nitrogens with zero attached hydrogens (tertiary/aromatic N) is 2. The predicted molar refractivity (Wildman–Crippen MR) is 88.1 cm³/mol. The summed E-state index contributed by atoms with van der Waals surface area (Å²) in [7, 11) is 0. The van der Waals surface area contributed by atoms with Crippen LogP contribution in [0.3, 0.4) is 0 Å². The molecule has 130 valence electrons. The van der Waals surface area contributed by atoms with Crippen molar-refractivity contribution in [3.63, 3.8) is 0 Å². The van der Waals surface area contributed by atoms with Gasteiger partial charge in [-0.2, -0.15) is 0 Å². The van der Waals surface area contributed by atoms with Crippen molar-refractivity contribution in [2.45, 2.75) is 25.7 Å². The number of rotatable bonds is 5. The molecule has 0 atom stereocenters. The van der Waals surface area contributed by atoms with Gasteiger partial charge >= 0.3 is 0 Å². The fourth-order valence-electron chi connectivity index (χ4n) is 2.89. The van der Waals surface area contributed by atoms with Crippen molar-refractivity contribution in [1.29, 1.82) is 0 Å². The van der Waals surface area contributed by atoms with Crippen molar-refractivity contribution >= 4 is 32.6 Å². The Morgan fingerprint density at radius 1 is 1.38 bits per heavy atom. The molecule has 1 aromatic heterocycles. The number of nitrogens with one attached hydrogen (secondary N) is 1. The minimum atomic E-state index is -2.52. The van der Waals surface area contributed by atoms with E-state index in [9.17, 15) is 18.0 Å². The van der Waals surface area contributed by atoms with E-state index in [1.54, 1.807) is 6.07 Å². The number of benzene rings is 1. The zero-order valence-electron chi connectivity index (χ0n) is 13.0. The van der Waals surface area contributed by atoms with E-state index in [4.69, 9.17) is 0 Å². The molecule has 0 aliphatic carbocycles. The second kappa shape index (κ2) is 7.38. The Morgan fingerprint density at radius 2 is 2.12 bits per heavy atom. The summed E-state index contributed by atoms with van der Waals surface area (Å²) in [5.74, 6) is -0.457. The molecule has 8 heteroatoms. The van der Waals surface area contributed by atoms with Gasteiger partial charge in [-0.3, -0.25) is 4.79 Å². The molecule has 1 aromatic carbocycles. The lowest BCUT2D eigenvalue weighted by Crippen LogP contribution is -2.36. The molecule has 1 fully saturated rings. The van der Waals surface area contributed by atoms with E-state index in [1.165, 1.54) is 17.4 Å². The number of hydrogen-bond acceptors (Lipinski definition) is 4. The van der Waals surface area contributed by atoms with Gasteiger partial charge in [-0.25, -0.2) is 18.2 Å². The number of thiazole rings is 1. The van der Waals surface area contributed by atoms with Crippen molar-refractivity contribution < 1.29 is 18.0 Å². The summed E-state index contributed by atoms with van der Waals surface area (Å²) in [6.45, 7) is 0.872. The van der Waals surface area contributed by atoms with E-state index in [0.717, 1.165) is 35.8 Å². The van der Waals surface area contributed by atoms with E-state index >= 15 is 0 Å². The highest BCUT2D eigenvalue weighted by atomic mass is 32.1. The number of amides is 1. The van der Waals surface area contributed by atoms with Gasteiger partial charge in [-0.15, -0.1) is 0 Å². The standard InChI is InChI=1S/C16H18F3N3OS/c17-11-2-1-3-12-15(11)21-16(24-12)22-6-4-10(5-7-22)8-14(23)20-9-13(18)19/h1-3,10,13H,4-9H2,(H,20,23). The third-order valence-electron chi connectivity index (χ3n) is 4.17. The van der Waals surface area contributed by atoms with E-state index < -0.39 is 13.0 Å². The lowest BCUT2D eigenvalue weighted by molar-refractivity contribution is -0.122. The van der Waals surface area contributed by atoms with Gasteiger partial charge in [-0.05, 0) is 30.9 Å². The monoisotopic (exact) mass is 357 g/mol. The first-order valence-electron chi connectivity index (χ1n) is 7.88. The number of carbonyl (C=O) groups excluding carboxylic acids is 1. The van der Waals surface area contributed by atoms with Crippen molar-refractivity contribution in [1.82, 2.24) is 10.3 Å². The highest BCUT2D eigenvalue weighted by Gasteiger charge is 2.24. The quantitative estimate of drug-likeness (QED) is 0.892. The Balaban J connectivity index is 1.54. The molecule has 0 bridgehead atoms. The first kappa shape index (κ1) is 17.0. The van der Waals surface area contributed by atoms with E-state index in [1.807, 2.05) is 6.07 Å². The van der Waals surface area contributed by atoms with Crippen LogP contribution in [-0.2, 0) is 4.79 Å². The largest absolute Gasteiger partial charge is 0.350 e. The zero-order valence-corrected chi connectivity index (χ0v) is 13.8. The molecule has 0 spiro atoms. The van der Waals surface area contributed by atoms with E-state index in [-0.39, 0.29) is 24.1 Å². The van der Waals surface area contributed by atoms with E-state index in [0.29, 0.717) is 5.52 Å². The number of anilines is 1. The summed E-state index contributed by atoms with van der Waals surface area (Å²) in [5.41, 5.74) is 0.394. The van der Waals surface area contributed by atoms with Crippen LogP contribution in [0, 0.1) is 11.7 Å². The van der Waals surface area contributed by atoms with Crippen LogP contribution in [0.25, 0.3) is 10.2 Å². The van der Waals surface area contributed by atoms with Crippen molar-refractivity contribution in [2.24, 2.45) is 5.92 Å². The smallest absolute Gasteiger partial charge is 0.255 e. The number of hydrogen-bond donors (Lipinski definition) is 1. The topological polar surface area (TPSA) is 45.2 Å². The molecule has 4 nitrogen and oxygen atoms in total. The van der Waals surface area contributed by atoms with Crippen LogP contribution >= 0.6 is 11.3 Å². The van der Waals surface area contributed by atoms with Crippen LogP contribution < -0.4 is 10.2 Å². The Kier molecular flexibility index (Phi) is 5.23. The molecule has 0 radical (unpaired) electrons. The molecule has 2 heterocycles. The molecule has 1 N–H and O–H groups in total. The van der Waals surface area contributed by atoms with Crippen LogP contribution in [0.5, 0.6) is 0 Å². The zero-order chi connectivity index (χ0) is 17.1. The van der Waals surface area contributed by atoms with E-state index in [2.05, 4.69) is 15.2 Å². The van der Waals surface area contributed by atoms with Crippen LogP contribution in [0.2, 0.25) is 0 Å². The number of piperidine rings is 1. The summed E-state index contributed by atoms with van der Waals surface area (Å²) in [4.78, 5) is 18.1. The Morgan fingerprint density at radius 3 is 2.79 bits per heavy atom. The molecule has 1 aliphatic rings. The lowest BCUT2D eigenvalue weighted by Gasteiger charge is -2.31. The number of para-hydroxylation sites is 1. The third-order valence-corrected chi connectivity index (χ3v) is 5.25. The number of alkyl halides is 2. The minimum absolute atomic E-state index is 0.185. The molecular formula is C16H18F3N3OS. The SMILES string of the molecule is O=C(CC1CCN(c2nc3c(F)cccc3s2)CC1)NCC(F)F. The Bertz CT molecular complexity index is 714. The molecular weight excluding hydrogens is 339 g/mol. The fraction of sp³-hybridized carbons (Fsp3) is 0.500. The maximum atomic E-state index is 13.7. The summed E-state index contributed by atoms with van der Waals surface area (Å²) >= 11 is 1.46. The number of carbonyl (C=O) groups is 1. The second-order valence-corrected chi connectivity index (χ2v) is 6.92. The van der Waals surface area contributed by atoms with Crippen LogP contribution in [0.1, 0.15) is 19.3 Å². The first-order valence-corrected chi connectivity index (χ1v) is 8.69. The fourth-order valence-corrected chi connectivity index (χ4v) is 3.92. The van der Waals surface area contributed by atoms with Crippen molar-refractivity contribution in [2.75, 3.05) is 24.5 Å². The van der Waals surface area contributed by atoms with Gasteiger partial charge in [0.2, 0.25) is 5.91 Å². The summed E-state index contributed by atoms with van der Waals surface area (Å²) in [6.07, 6.45) is -0.661. The van der Waals surface area contributed by atoms with Gasteiger partial charge < -0.3 is 10.2 Å². The lowest BCUT2D eigenvalue weighted by atomic mass is 9.93. The molecule has 2 aromatic rings. The summed E-state index contributed by atoms with van der Waals surface area (Å²) in [5, 5.41) is 3.03. The van der Waals surface area contributed by atoms with Gasteiger partial charge in [-0.1, -0.05) is 17.4 Å². The predicted octanol–water partition coefficient (Wildman–Crippen LogP) is 3.42. The molecule has 0 saturated carbocycles. The normalized spacial score (nSPS) is 16.1. The van der Waals surface area contributed by atoms with Gasteiger partial charge in [0.1, 0.15) is 11.3 Å². The minimum Gasteiger partial charge on any atom is -0.350 e. The summed E-state index contributed by atoms with van der Waals surface area (Å²) < 4.78 is 38.7. The first-order chi connectivity index (χ1) is 11.5. The molecule has 24 heavy (non-hydrogen) atoms. The van der Waals surface area contributed by atoms with Crippen molar-refractivity contribution in [3.05, 3.63) is 24.0 Å². The average Bonchev–Trinajstić information content (AvgIpc) is 2.99.